The monoisotopic (exact) mass is 352 g/mol. The third-order valence-corrected chi connectivity index (χ3v) is 4.47. The van der Waals surface area contributed by atoms with E-state index in [-0.39, 0.29) is 0 Å². The molecule has 0 spiro atoms. The minimum atomic E-state index is 0.884. The lowest BCUT2D eigenvalue weighted by atomic mass is 9.98. The topological polar surface area (TPSA) is 13.1 Å². The number of benzene rings is 2. The van der Waals surface area contributed by atoms with Gasteiger partial charge in [0, 0.05) is 15.4 Å². The summed E-state index contributed by atoms with van der Waals surface area (Å²) in [6.07, 6.45) is 2.08. The summed E-state index contributed by atoms with van der Waals surface area (Å²) in [5, 5.41) is 1.15. The minimum absolute atomic E-state index is 0.884. The van der Waals surface area contributed by atoms with E-state index >= 15 is 0 Å². The van der Waals surface area contributed by atoms with Crippen molar-refractivity contribution in [3.05, 3.63) is 82.0 Å². The number of fused-ring (bicyclic) bond motifs is 1. The predicted octanol–water partition coefficient (Wildman–Crippen LogP) is 6.62. The molecule has 0 saturated carbocycles. The fourth-order valence-corrected chi connectivity index (χ4v) is 3.07. The number of furan rings is 1. The van der Waals surface area contributed by atoms with Gasteiger partial charge in [0.2, 0.25) is 0 Å². The molecule has 2 heteroatoms. The van der Waals surface area contributed by atoms with Gasteiger partial charge < -0.3 is 4.42 Å². The first-order chi connectivity index (χ1) is 10.6. The van der Waals surface area contributed by atoms with Crippen LogP contribution < -0.4 is 0 Å². The van der Waals surface area contributed by atoms with Crippen molar-refractivity contribution in [3.8, 4) is 0 Å². The zero-order valence-corrected chi connectivity index (χ0v) is 14.3. The number of rotatable bonds is 3. The van der Waals surface area contributed by atoms with Crippen LogP contribution in [0.5, 0.6) is 0 Å². The molecule has 2 aromatic carbocycles. The van der Waals surface area contributed by atoms with Crippen molar-refractivity contribution in [1.82, 2.24) is 0 Å². The van der Waals surface area contributed by atoms with Crippen LogP contribution in [0.25, 0.3) is 22.6 Å². The third-order valence-electron chi connectivity index (χ3n) is 3.78. The number of halogens is 1. The molecule has 0 N–H and O–H groups in total. The molecule has 110 valence electrons. The zero-order valence-electron chi connectivity index (χ0n) is 12.7. The maximum atomic E-state index is 6.01. The molecule has 3 rings (SSSR count). The van der Waals surface area contributed by atoms with E-state index in [9.17, 15) is 0 Å². The first-order valence-electron chi connectivity index (χ1n) is 7.18. The van der Waals surface area contributed by atoms with Crippen molar-refractivity contribution in [2.24, 2.45) is 0 Å². The molecule has 0 bridgehead atoms. The lowest BCUT2D eigenvalue weighted by Crippen LogP contribution is -1.88. The first-order valence-corrected chi connectivity index (χ1v) is 7.98. The summed E-state index contributed by atoms with van der Waals surface area (Å²) in [5.74, 6) is 0.884. The lowest BCUT2D eigenvalue weighted by Gasteiger charge is -2.09. The molecular formula is C20H17BrO. The first kappa shape index (κ1) is 14.9. The molecule has 0 radical (unpaired) electrons. The number of aryl methyl sites for hydroxylation is 1. The highest BCUT2D eigenvalue weighted by Crippen LogP contribution is 2.33. The standard InChI is InChI=1S/C20H17BrO/c1-13(2)17(16-9-4-6-10-18(16)21)12-20-14(3)15-8-5-7-11-19(15)22-20/h4-12H,1H2,2-3H3/b17-12+. The summed E-state index contributed by atoms with van der Waals surface area (Å²) in [6, 6.07) is 16.3. The predicted molar refractivity (Wildman–Crippen MR) is 97.8 cm³/mol. The molecule has 0 aliphatic heterocycles. The highest BCUT2D eigenvalue weighted by atomic mass is 79.9. The van der Waals surface area contributed by atoms with Crippen LogP contribution in [0, 0.1) is 6.92 Å². The fourth-order valence-electron chi connectivity index (χ4n) is 2.57. The van der Waals surface area contributed by atoms with Crippen LogP contribution in [-0.4, -0.2) is 0 Å². The Kier molecular flexibility index (Phi) is 4.04. The van der Waals surface area contributed by atoms with Crippen molar-refractivity contribution in [3.63, 3.8) is 0 Å². The molecule has 0 aliphatic rings. The van der Waals surface area contributed by atoms with Gasteiger partial charge >= 0.3 is 0 Å². The second kappa shape index (κ2) is 5.98. The van der Waals surface area contributed by atoms with Gasteiger partial charge in [-0.05, 0) is 43.2 Å². The van der Waals surface area contributed by atoms with Crippen LogP contribution >= 0.6 is 15.9 Å². The van der Waals surface area contributed by atoms with E-state index < -0.39 is 0 Å². The van der Waals surface area contributed by atoms with Gasteiger partial charge in [0.1, 0.15) is 11.3 Å². The van der Waals surface area contributed by atoms with Gasteiger partial charge in [0.05, 0.1) is 0 Å². The van der Waals surface area contributed by atoms with Crippen LogP contribution in [0.3, 0.4) is 0 Å². The Morgan fingerprint density at radius 3 is 2.45 bits per heavy atom. The summed E-state index contributed by atoms with van der Waals surface area (Å²) >= 11 is 3.62. The third kappa shape index (κ3) is 2.67. The average Bonchev–Trinajstić information content (AvgIpc) is 2.82. The summed E-state index contributed by atoms with van der Waals surface area (Å²) in [6.45, 7) is 8.23. The number of allylic oxidation sites excluding steroid dienone is 2. The molecule has 0 unspecified atom stereocenters. The van der Waals surface area contributed by atoms with Crippen LogP contribution in [0.4, 0.5) is 0 Å². The smallest absolute Gasteiger partial charge is 0.135 e. The summed E-state index contributed by atoms with van der Waals surface area (Å²) in [5.41, 5.74) is 5.28. The van der Waals surface area contributed by atoms with Gasteiger partial charge in [-0.15, -0.1) is 0 Å². The van der Waals surface area contributed by atoms with Crippen LogP contribution in [0.1, 0.15) is 23.8 Å². The fraction of sp³-hybridized carbons (Fsp3) is 0.100. The van der Waals surface area contributed by atoms with Crippen LogP contribution in [-0.2, 0) is 0 Å². The Bertz CT molecular complexity index is 884. The van der Waals surface area contributed by atoms with Gasteiger partial charge in [-0.2, -0.15) is 0 Å². The van der Waals surface area contributed by atoms with Crippen molar-refractivity contribution >= 4 is 38.5 Å². The van der Waals surface area contributed by atoms with Gasteiger partial charge in [0.25, 0.3) is 0 Å². The van der Waals surface area contributed by atoms with E-state index in [1.807, 2.05) is 43.3 Å². The zero-order chi connectivity index (χ0) is 15.7. The van der Waals surface area contributed by atoms with E-state index in [2.05, 4.69) is 47.6 Å². The quantitative estimate of drug-likeness (QED) is 0.482. The Morgan fingerprint density at radius 1 is 1.09 bits per heavy atom. The van der Waals surface area contributed by atoms with Gasteiger partial charge in [-0.3, -0.25) is 0 Å². The van der Waals surface area contributed by atoms with Crippen molar-refractivity contribution in [2.75, 3.05) is 0 Å². The molecule has 1 heterocycles. The van der Waals surface area contributed by atoms with Gasteiger partial charge in [-0.25, -0.2) is 0 Å². The van der Waals surface area contributed by atoms with E-state index in [1.165, 1.54) is 0 Å². The lowest BCUT2D eigenvalue weighted by molar-refractivity contribution is 0.601. The minimum Gasteiger partial charge on any atom is -0.456 e. The van der Waals surface area contributed by atoms with E-state index in [1.54, 1.807) is 0 Å². The van der Waals surface area contributed by atoms with Crippen molar-refractivity contribution < 1.29 is 4.42 Å². The second-order valence-electron chi connectivity index (χ2n) is 5.41. The molecule has 0 saturated heterocycles. The number of hydrogen-bond donors (Lipinski definition) is 0. The summed E-state index contributed by atoms with van der Waals surface area (Å²) in [7, 11) is 0. The van der Waals surface area contributed by atoms with Gasteiger partial charge in [0.15, 0.2) is 0 Å². The Hall–Kier alpha value is -2.06. The molecule has 0 amide bonds. The average molecular weight is 353 g/mol. The highest BCUT2D eigenvalue weighted by Gasteiger charge is 2.12. The molecule has 0 fully saturated rings. The molecule has 1 aromatic heterocycles. The molecule has 22 heavy (non-hydrogen) atoms. The Balaban J connectivity index is 2.19. The molecule has 3 aromatic rings. The summed E-state index contributed by atoms with van der Waals surface area (Å²) < 4.78 is 7.06. The van der Waals surface area contributed by atoms with Crippen molar-refractivity contribution in [2.45, 2.75) is 13.8 Å². The Labute approximate surface area is 139 Å². The summed E-state index contributed by atoms with van der Waals surface area (Å²) in [4.78, 5) is 0. The van der Waals surface area contributed by atoms with Crippen LogP contribution in [0.15, 0.2) is 69.6 Å². The molecule has 1 nitrogen and oxygen atoms in total. The van der Waals surface area contributed by atoms with E-state index in [0.29, 0.717) is 0 Å². The van der Waals surface area contributed by atoms with Gasteiger partial charge in [-0.1, -0.05) is 64.5 Å². The van der Waals surface area contributed by atoms with Crippen LogP contribution in [0.2, 0.25) is 0 Å². The molecule has 0 atom stereocenters. The maximum Gasteiger partial charge on any atom is 0.135 e. The maximum absolute atomic E-state index is 6.01. The SMILES string of the molecule is C=C(C)/C(=C\c1oc2ccccc2c1C)c1ccccc1Br. The van der Waals surface area contributed by atoms with E-state index in [4.69, 9.17) is 4.42 Å². The second-order valence-corrected chi connectivity index (χ2v) is 6.26. The van der Waals surface area contributed by atoms with E-state index in [0.717, 1.165) is 43.5 Å². The number of hydrogen-bond acceptors (Lipinski definition) is 1. The molecular weight excluding hydrogens is 336 g/mol. The van der Waals surface area contributed by atoms with Crippen molar-refractivity contribution in [1.29, 1.82) is 0 Å². The largest absolute Gasteiger partial charge is 0.456 e. The normalized spacial score (nSPS) is 11.9. The number of para-hydroxylation sites is 1. The Morgan fingerprint density at radius 2 is 1.77 bits per heavy atom. The molecule has 0 aliphatic carbocycles. The highest BCUT2D eigenvalue weighted by molar-refractivity contribution is 9.10.